The number of ketones is 1. The number of carbonyl (C=O) groups excluding carboxylic acids is 2. The Kier molecular flexibility index (Phi) is 3.19. The summed E-state index contributed by atoms with van der Waals surface area (Å²) in [5.74, 6) is -2.75. The summed E-state index contributed by atoms with van der Waals surface area (Å²) in [5, 5.41) is 21.8. The van der Waals surface area contributed by atoms with E-state index in [2.05, 4.69) is 4.99 Å². The molecule has 0 saturated carbocycles. The Labute approximate surface area is 127 Å². The van der Waals surface area contributed by atoms with E-state index in [1.165, 1.54) is 19.1 Å². The lowest BCUT2D eigenvalue weighted by Gasteiger charge is -2.31. The molecule has 3 rings (SSSR count). The molecule has 0 aromatic heterocycles. The number of nitrogens with zero attached hydrogens (tertiary/aromatic N) is 1. The second-order valence-corrected chi connectivity index (χ2v) is 5.67. The van der Waals surface area contributed by atoms with E-state index in [0.29, 0.717) is 6.42 Å². The van der Waals surface area contributed by atoms with Crippen molar-refractivity contribution in [2.45, 2.75) is 31.6 Å². The van der Waals surface area contributed by atoms with Gasteiger partial charge in [-0.25, -0.2) is 0 Å². The van der Waals surface area contributed by atoms with Crippen molar-refractivity contribution < 1.29 is 24.5 Å². The van der Waals surface area contributed by atoms with Gasteiger partial charge in [-0.05, 0) is 13.3 Å². The van der Waals surface area contributed by atoms with Crippen molar-refractivity contribution in [2.75, 3.05) is 6.61 Å². The van der Waals surface area contributed by atoms with Crippen LogP contribution in [0.15, 0.2) is 29.3 Å². The van der Waals surface area contributed by atoms with Gasteiger partial charge in [0.1, 0.15) is 5.92 Å². The van der Waals surface area contributed by atoms with E-state index in [1.807, 2.05) is 6.92 Å². The number of aliphatic hydroxyl groups is 2. The van der Waals surface area contributed by atoms with Crippen LogP contribution in [0.4, 0.5) is 0 Å². The van der Waals surface area contributed by atoms with Gasteiger partial charge < -0.3 is 14.9 Å². The van der Waals surface area contributed by atoms with Gasteiger partial charge in [-0.3, -0.25) is 14.6 Å². The zero-order valence-corrected chi connectivity index (χ0v) is 12.4. The molecule has 0 fully saturated rings. The van der Waals surface area contributed by atoms with Crippen molar-refractivity contribution in [3.63, 3.8) is 0 Å². The van der Waals surface area contributed by atoms with Crippen LogP contribution in [0.5, 0.6) is 0 Å². The lowest BCUT2D eigenvalue weighted by atomic mass is 9.79. The number of benzene rings is 1. The summed E-state index contributed by atoms with van der Waals surface area (Å²) in [5.41, 5.74) is -3.90. The zero-order chi connectivity index (χ0) is 16.1. The smallest absolute Gasteiger partial charge is 0.318 e. The molecule has 3 atom stereocenters. The lowest BCUT2D eigenvalue weighted by Crippen LogP contribution is -2.56. The molecule has 0 bridgehead atoms. The Hall–Kier alpha value is -2.05. The molecular weight excluding hydrogens is 286 g/mol. The third-order valence-corrected chi connectivity index (χ3v) is 4.28. The Bertz CT molecular complexity index is 698. The Morgan fingerprint density at radius 1 is 1.36 bits per heavy atom. The summed E-state index contributed by atoms with van der Waals surface area (Å²) in [6.07, 6.45) is 0.617. The average Bonchev–Trinajstić information content (AvgIpc) is 2.80. The topological polar surface area (TPSA) is 96.2 Å². The van der Waals surface area contributed by atoms with Crippen molar-refractivity contribution in [1.29, 1.82) is 0 Å². The molecule has 1 aromatic carbocycles. The zero-order valence-electron chi connectivity index (χ0n) is 12.4. The highest BCUT2D eigenvalue weighted by Gasteiger charge is 2.72. The number of hydrogen-bond donors (Lipinski definition) is 2. The Balaban J connectivity index is 2.12. The van der Waals surface area contributed by atoms with E-state index in [4.69, 9.17) is 4.74 Å². The van der Waals surface area contributed by atoms with Crippen LogP contribution >= 0.6 is 0 Å². The van der Waals surface area contributed by atoms with E-state index >= 15 is 0 Å². The fraction of sp³-hybridized carbons (Fsp3) is 0.438. The summed E-state index contributed by atoms with van der Waals surface area (Å²) in [6.45, 7) is 3.52. The first-order chi connectivity index (χ1) is 10.4. The first-order valence-corrected chi connectivity index (χ1v) is 7.20. The Morgan fingerprint density at radius 3 is 2.73 bits per heavy atom. The predicted molar refractivity (Wildman–Crippen MR) is 77.5 cm³/mol. The van der Waals surface area contributed by atoms with E-state index < -0.39 is 29.0 Å². The highest BCUT2D eigenvalue weighted by molar-refractivity contribution is 6.18. The SMILES string of the molecule is CCCOC(=O)[C@H]1C(C)=N[C@]2(O)c3ccccc3C(=O)[C@]12O. The molecule has 0 radical (unpaired) electrons. The molecular formula is C16H17NO5. The molecule has 0 spiro atoms. The van der Waals surface area contributed by atoms with Gasteiger partial charge in [0, 0.05) is 16.8 Å². The van der Waals surface area contributed by atoms with Crippen LogP contribution in [0.1, 0.15) is 36.2 Å². The number of fused-ring (bicyclic) bond motifs is 3. The number of aliphatic imine (C=N–C) groups is 1. The molecule has 0 amide bonds. The summed E-state index contributed by atoms with van der Waals surface area (Å²) in [4.78, 5) is 29.0. The highest BCUT2D eigenvalue weighted by atomic mass is 16.5. The average molecular weight is 303 g/mol. The van der Waals surface area contributed by atoms with Gasteiger partial charge in [0.15, 0.2) is 5.60 Å². The molecule has 22 heavy (non-hydrogen) atoms. The molecule has 116 valence electrons. The molecule has 2 aliphatic rings. The van der Waals surface area contributed by atoms with Gasteiger partial charge in [-0.1, -0.05) is 31.2 Å². The van der Waals surface area contributed by atoms with Gasteiger partial charge in [0.2, 0.25) is 11.5 Å². The van der Waals surface area contributed by atoms with E-state index in [-0.39, 0.29) is 23.4 Å². The van der Waals surface area contributed by atoms with Gasteiger partial charge in [-0.2, -0.15) is 0 Å². The summed E-state index contributed by atoms with van der Waals surface area (Å²) >= 11 is 0. The summed E-state index contributed by atoms with van der Waals surface area (Å²) < 4.78 is 5.07. The minimum Gasteiger partial charge on any atom is -0.465 e. The van der Waals surface area contributed by atoms with Crippen molar-refractivity contribution in [3.05, 3.63) is 35.4 Å². The third kappa shape index (κ3) is 1.59. The number of carbonyl (C=O) groups is 2. The van der Waals surface area contributed by atoms with Gasteiger partial charge in [-0.15, -0.1) is 0 Å². The maximum Gasteiger partial charge on any atom is 0.318 e. The van der Waals surface area contributed by atoms with Crippen molar-refractivity contribution in [2.24, 2.45) is 10.9 Å². The lowest BCUT2D eigenvalue weighted by molar-refractivity contribution is -0.164. The van der Waals surface area contributed by atoms with Gasteiger partial charge in [0.25, 0.3) is 0 Å². The van der Waals surface area contributed by atoms with E-state index in [0.717, 1.165) is 0 Å². The molecule has 0 unspecified atom stereocenters. The van der Waals surface area contributed by atoms with Crippen molar-refractivity contribution in [3.8, 4) is 0 Å². The largest absolute Gasteiger partial charge is 0.465 e. The molecule has 2 N–H and O–H groups in total. The van der Waals surface area contributed by atoms with Crippen LogP contribution in [0.25, 0.3) is 0 Å². The molecule has 1 aliphatic carbocycles. The second-order valence-electron chi connectivity index (χ2n) is 5.67. The minimum atomic E-state index is -2.34. The monoisotopic (exact) mass is 303 g/mol. The first-order valence-electron chi connectivity index (χ1n) is 7.20. The van der Waals surface area contributed by atoms with Crippen LogP contribution in [-0.2, 0) is 15.3 Å². The Morgan fingerprint density at radius 2 is 2.05 bits per heavy atom. The molecule has 0 saturated heterocycles. The standard InChI is InChI=1S/C16H17NO5/c1-3-8-22-14(19)12-9(2)17-16(21)11-7-5-4-6-10(11)13(18)15(12,16)20/h4-7,12,20-21H,3,8H2,1-2H3/t12-,15-,16+/m1/s1. The molecule has 1 heterocycles. The van der Waals surface area contributed by atoms with Crippen molar-refractivity contribution >= 4 is 17.5 Å². The molecule has 1 aliphatic heterocycles. The van der Waals surface area contributed by atoms with Crippen LogP contribution in [0.3, 0.4) is 0 Å². The van der Waals surface area contributed by atoms with Crippen LogP contribution < -0.4 is 0 Å². The predicted octanol–water partition coefficient (Wildman–Crippen LogP) is 0.803. The number of rotatable bonds is 3. The second kappa shape index (κ2) is 4.72. The number of ether oxygens (including phenoxy) is 1. The maximum atomic E-state index is 12.6. The van der Waals surface area contributed by atoms with Gasteiger partial charge in [0.05, 0.1) is 6.61 Å². The maximum absolute atomic E-state index is 12.6. The van der Waals surface area contributed by atoms with Crippen LogP contribution in [-0.4, -0.2) is 39.9 Å². The van der Waals surface area contributed by atoms with E-state index in [1.54, 1.807) is 12.1 Å². The van der Waals surface area contributed by atoms with Crippen LogP contribution in [0, 0.1) is 5.92 Å². The number of esters is 1. The highest BCUT2D eigenvalue weighted by Crippen LogP contribution is 2.53. The molecule has 6 heteroatoms. The quantitative estimate of drug-likeness (QED) is 0.805. The molecule has 6 nitrogen and oxygen atoms in total. The minimum absolute atomic E-state index is 0.178. The third-order valence-electron chi connectivity index (χ3n) is 4.28. The number of Topliss-reactive ketones (excluding diaryl/α,β-unsaturated/α-hetero) is 1. The normalized spacial score (nSPS) is 32.5. The first kappa shape index (κ1) is 14.9. The fourth-order valence-electron chi connectivity index (χ4n) is 3.28. The summed E-state index contributed by atoms with van der Waals surface area (Å²) in [6, 6.07) is 6.31. The fourth-order valence-corrected chi connectivity index (χ4v) is 3.28. The molecule has 1 aromatic rings. The van der Waals surface area contributed by atoms with E-state index in [9.17, 15) is 19.8 Å². The van der Waals surface area contributed by atoms with Crippen LogP contribution in [0.2, 0.25) is 0 Å². The van der Waals surface area contributed by atoms with Crippen molar-refractivity contribution in [1.82, 2.24) is 0 Å². The number of hydrogen-bond acceptors (Lipinski definition) is 6. The summed E-state index contributed by atoms with van der Waals surface area (Å²) in [7, 11) is 0. The van der Waals surface area contributed by atoms with Gasteiger partial charge >= 0.3 is 5.97 Å².